The van der Waals surface area contributed by atoms with Gasteiger partial charge in [0.05, 0.1) is 23.5 Å². The molecule has 0 spiro atoms. The summed E-state index contributed by atoms with van der Waals surface area (Å²) in [6, 6.07) is 6.51. The van der Waals surface area contributed by atoms with E-state index >= 15 is 0 Å². The van der Waals surface area contributed by atoms with Gasteiger partial charge in [0.1, 0.15) is 5.76 Å². The molecular formula is C19H21N5O4. The van der Waals surface area contributed by atoms with Crippen LogP contribution in [0.3, 0.4) is 0 Å². The van der Waals surface area contributed by atoms with Crippen molar-refractivity contribution in [2.75, 3.05) is 0 Å². The minimum absolute atomic E-state index is 0.0150. The quantitative estimate of drug-likeness (QED) is 0.660. The van der Waals surface area contributed by atoms with Crippen LogP contribution in [0, 0.1) is 13.8 Å². The molecule has 146 valence electrons. The molecule has 0 aliphatic carbocycles. The van der Waals surface area contributed by atoms with E-state index in [0.717, 1.165) is 0 Å². The molecule has 3 rings (SSSR count). The second-order valence-electron chi connectivity index (χ2n) is 6.72. The number of carbonyl (C=O) groups is 2. The number of aryl methyl sites for hydroxylation is 2. The van der Waals surface area contributed by atoms with E-state index < -0.39 is 11.8 Å². The number of fused-ring (bicyclic) bond motifs is 1. The lowest BCUT2D eigenvalue weighted by atomic mass is 10.1. The van der Waals surface area contributed by atoms with Gasteiger partial charge in [0.2, 0.25) is 5.91 Å². The average molecular weight is 383 g/mol. The molecule has 2 N–H and O–H groups in total. The van der Waals surface area contributed by atoms with E-state index in [0.29, 0.717) is 27.8 Å². The number of carbonyl (C=O) groups excluding carboxylic acids is 2. The van der Waals surface area contributed by atoms with Gasteiger partial charge in [-0.1, -0.05) is 23.4 Å². The normalized spacial score (nSPS) is 11.0. The zero-order chi connectivity index (χ0) is 20.4. The Labute approximate surface area is 160 Å². The van der Waals surface area contributed by atoms with E-state index in [1.54, 1.807) is 52.0 Å². The van der Waals surface area contributed by atoms with E-state index in [-0.39, 0.29) is 23.7 Å². The van der Waals surface area contributed by atoms with E-state index in [1.807, 2.05) is 0 Å². The average Bonchev–Trinajstić information content (AvgIpc) is 2.98. The largest absolute Gasteiger partial charge is 0.361 e. The highest BCUT2D eigenvalue weighted by Crippen LogP contribution is 2.15. The third-order valence-electron chi connectivity index (χ3n) is 4.37. The van der Waals surface area contributed by atoms with Crippen molar-refractivity contribution in [3.8, 4) is 0 Å². The van der Waals surface area contributed by atoms with Crippen molar-refractivity contribution in [1.82, 2.24) is 25.8 Å². The zero-order valence-corrected chi connectivity index (χ0v) is 16.1. The van der Waals surface area contributed by atoms with Crippen LogP contribution in [0.5, 0.6) is 0 Å². The van der Waals surface area contributed by atoms with E-state index in [9.17, 15) is 14.4 Å². The maximum atomic E-state index is 12.7. The van der Waals surface area contributed by atoms with Crippen LogP contribution in [0.1, 0.15) is 47.4 Å². The third kappa shape index (κ3) is 3.64. The van der Waals surface area contributed by atoms with Crippen molar-refractivity contribution >= 4 is 22.6 Å². The highest BCUT2D eigenvalue weighted by atomic mass is 16.5. The number of hydrogen-bond acceptors (Lipinski definition) is 6. The van der Waals surface area contributed by atoms with Crippen molar-refractivity contribution < 1.29 is 14.1 Å². The first-order valence-corrected chi connectivity index (χ1v) is 8.82. The summed E-state index contributed by atoms with van der Waals surface area (Å²) in [7, 11) is 0. The summed E-state index contributed by atoms with van der Waals surface area (Å²) in [6.07, 6.45) is 0.0150. The molecule has 2 amide bonds. The summed E-state index contributed by atoms with van der Waals surface area (Å²) in [5.41, 5.74) is 5.80. The standard InChI is InChI=1S/C19H21N5O4/c1-10(2)24-19(27)14-8-6-5-7-13(14)17(22-24)18(26)21-20-16(25)9-15-11(3)23-28-12(15)4/h5-8,10H,9H2,1-4H3,(H,20,25)(H,21,26). The lowest BCUT2D eigenvalue weighted by Crippen LogP contribution is -2.43. The highest BCUT2D eigenvalue weighted by molar-refractivity contribution is 6.05. The van der Waals surface area contributed by atoms with Crippen molar-refractivity contribution in [2.45, 2.75) is 40.2 Å². The maximum absolute atomic E-state index is 12.7. The van der Waals surface area contributed by atoms with Gasteiger partial charge in [0, 0.05) is 10.9 Å². The van der Waals surface area contributed by atoms with Gasteiger partial charge in [0.15, 0.2) is 5.69 Å². The zero-order valence-electron chi connectivity index (χ0n) is 16.1. The molecule has 2 heterocycles. The summed E-state index contributed by atoms with van der Waals surface area (Å²) >= 11 is 0. The topological polar surface area (TPSA) is 119 Å². The van der Waals surface area contributed by atoms with Gasteiger partial charge in [-0.15, -0.1) is 0 Å². The second kappa shape index (κ2) is 7.63. The number of nitrogens with zero attached hydrogens (tertiary/aromatic N) is 3. The van der Waals surface area contributed by atoms with E-state index in [2.05, 4.69) is 21.1 Å². The molecule has 1 aromatic carbocycles. The molecule has 0 radical (unpaired) electrons. The molecule has 28 heavy (non-hydrogen) atoms. The van der Waals surface area contributed by atoms with Crippen molar-refractivity contribution in [3.63, 3.8) is 0 Å². The van der Waals surface area contributed by atoms with Gasteiger partial charge < -0.3 is 4.52 Å². The Morgan fingerprint density at radius 2 is 1.82 bits per heavy atom. The summed E-state index contributed by atoms with van der Waals surface area (Å²) in [5, 5.41) is 8.80. The molecule has 0 saturated carbocycles. The van der Waals surface area contributed by atoms with Crippen molar-refractivity contribution in [2.24, 2.45) is 0 Å². The van der Waals surface area contributed by atoms with Gasteiger partial charge in [-0.25, -0.2) is 4.68 Å². The molecule has 0 aliphatic heterocycles. The van der Waals surface area contributed by atoms with Gasteiger partial charge in [-0.3, -0.25) is 25.2 Å². The minimum Gasteiger partial charge on any atom is -0.361 e. The Hall–Kier alpha value is -3.49. The van der Waals surface area contributed by atoms with Gasteiger partial charge in [0.25, 0.3) is 11.5 Å². The molecule has 2 aromatic heterocycles. The van der Waals surface area contributed by atoms with Crippen LogP contribution in [0.25, 0.3) is 10.8 Å². The second-order valence-corrected chi connectivity index (χ2v) is 6.72. The number of hydrogen-bond donors (Lipinski definition) is 2. The van der Waals surface area contributed by atoms with Crippen molar-refractivity contribution in [1.29, 1.82) is 0 Å². The monoisotopic (exact) mass is 383 g/mol. The Balaban J connectivity index is 1.83. The predicted molar refractivity (Wildman–Crippen MR) is 102 cm³/mol. The molecule has 3 aromatic rings. The number of aromatic nitrogens is 3. The Morgan fingerprint density at radius 3 is 2.43 bits per heavy atom. The van der Waals surface area contributed by atoms with Crippen LogP contribution in [0.2, 0.25) is 0 Å². The molecule has 0 fully saturated rings. The van der Waals surface area contributed by atoms with Crippen LogP contribution in [0.15, 0.2) is 33.6 Å². The molecule has 0 atom stereocenters. The summed E-state index contributed by atoms with van der Waals surface area (Å²) in [6.45, 7) is 7.06. The third-order valence-corrected chi connectivity index (χ3v) is 4.37. The van der Waals surface area contributed by atoms with Gasteiger partial charge in [-0.05, 0) is 33.8 Å². The molecule has 0 bridgehead atoms. The minimum atomic E-state index is -0.613. The SMILES string of the molecule is Cc1noc(C)c1CC(=O)NNC(=O)c1nn(C(C)C)c(=O)c2ccccc12. The molecular weight excluding hydrogens is 362 g/mol. The number of rotatable bonds is 4. The van der Waals surface area contributed by atoms with E-state index in [1.165, 1.54) is 4.68 Å². The molecule has 0 aliphatic rings. The van der Waals surface area contributed by atoms with Crippen LogP contribution in [-0.4, -0.2) is 26.8 Å². The summed E-state index contributed by atoms with van der Waals surface area (Å²) < 4.78 is 6.28. The van der Waals surface area contributed by atoms with Crippen LogP contribution in [0.4, 0.5) is 0 Å². The van der Waals surface area contributed by atoms with Gasteiger partial charge >= 0.3 is 0 Å². The Morgan fingerprint density at radius 1 is 1.14 bits per heavy atom. The lowest BCUT2D eigenvalue weighted by Gasteiger charge is -2.13. The van der Waals surface area contributed by atoms with Crippen molar-refractivity contribution in [3.05, 3.63) is 57.3 Å². The fourth-order valence-electron chi connectivity index (χ4n) is 2.87. The predicted octanol–water partition coefficient (Wildman–Crippen LogP) is 1.59. The fourth-order valence-corrected chi connectivity index (χ4v) is 2.87. The molecule has 0 unspecified atom stereocenters. The van der Waals surface area contributed by atoms with Crippen LogP contribution < -0.4 is 16.4 Å². The first-order chi connectivity index (χ1) is 13.3. The maximum Gasteiger partial charge on any atom is 0.290 e. The fraction of sp³-hybridized carbons (Fsp3) is 0.316. The molecule has 9 nitrogen and oxygen atoms in total. The molecule has 9 heteroatoms. The highest BCUT2D eigenvalue weighted by Gasteiger charge is 2.19. The number of nitrogens with one attached hydrogen (secondary N) is 2. The van der Waals surface area contributed by atoms with E-state index in [4.69, 9.17) is 4.52 Å². The first-order valence-electron chi connectivity index (χ1n) is 8.82. The number of amides is 2. The summed E-state index contributed by atoms with van der Waals surface area (Å²) in [4.78, 5) is 37.4. The Bertz CT molecular complexity index is 1090. The Kier molecular flexibility index (Phi) is 5.25. The number of hydrazine groups is 1. The van der Waals surface area contributed by atoms with Gasteiger partial charge in [-0.2, -0.15) is 5.10 Å². The lowest BCUT2D eigenvalue weighted by molar-refractivity contribution is -0.121. The van der Waals surface area contributed by atoms with Crippen LogP contribution >= 0.6 is 0 Å². The first kappa shape index (κ1) is 19.3. The molecule has 0 saturated heterocycles. The summed E-state index contributed by atoms with van der Waals surface area (Å²) in [5.74, 6) is -0.488. The van der Waals surface area contributed by atoms with Crippen LogP contribution in [-0.2, 0) is 11.2 Å². The smallest absolute Gasteiger partial charge is 0.290 e. The number of benzene rings is 1.